The molecule has 3 aromatic rings. The fourth-order valence-electron chi connectivity index (χ4n) is 3.10. The number of aryl methyl sites for hydroxylation is 1. The number of esters is 2. The first-order valence-corrected chi connectivity index (χ1v) is 11.1. The second-order valence-electron chi connectivity index (χ2n) is 7.24. The van der Waals surface area contributed by atoms with Crippen LogP contribution in [0.4, 0.5) is 0 Å². The second kappa shape index (κ2) is 9.83. The Labute approximate surface area is 199 Å². The predicted octanol–water partition coefficient (Wildman–Crippen LogP) is 5.72. The summed E-state index contributed by atoms with van der Waals surface area (Å²) < 4.78 is 17.4. The first-order valence-electron chi connectivity index (χ1n) is 10.3. The molecule has 0 fully saturated rings. The Morgan fingerprint density at radius 1 is 1.03 bits per heavy atom. The lowest BCUT2D eigenvalue weighted by Gasteiger charge is -2.11. The van der Waals surface area contributed by atoms with Gasteiger partial charge >= 0.3 is 11.9 Å². The Kier molecular flexibility index (Phi) is 6.70. The molecule has 4 rings (SSSR count). The topological polar surface area (TPSA) is 74.2 Å². The summed E-state index contributed by atoms with van der Waals surface area (Å²) in [6.07, 6.45) is 1.60. The number of aliphatic imine (C=N–C) groups is 1. The number of cyclic esters (lactones) is 1. The summed E-state index contributed by atoms with van der Waals surface area (Å²) in [7, 11) is 0. The van der Waals surface area contributed by atoms with E-state index in [0.29, 0.717) is 29.0 Å². The number of rotatable bonds is 6. The van der Waals surface area contributed by atoms with E-state index in [1.54, 1.807) is 36.4 Å². The van der Waals surface area contributed by atoms with E-state index in [1.165, 1.54) is 0 Å². The SMILES string of the molecule is CCOc1cc(/C=C2/N=C(c3ccc(Br)cc3)OC2=O)ccc1OC(=O)c1ccc(C)cc1. The van der Waals surface area contributed by atoms with E-state index in [4.69, 9.17) is 14.2 Å². The molecule has 1 aliphatic rings. The average molecular weight is 506 g/mol. The summed E-state index contributed by atoms with van der Waals surface area (Å²) >= 11 is 3.38. The Hall–Kier alpha value is -3.71. The van der Waals surface area contributed by atoms with Crippen LogP contribution in [-0.2, 0) is 9.53 Å². The molecule has 0 aliphatic carbocycles. The molecule has 7 heteroatoms. The van der Waals surface area contributed by atoms with Crippen molar-refractivity contribution in [2.24, 2.45) is 4.99 Å². The standard InChI is InChI=1S/C26H20BrNO5/c1-3-31-23-15-17(6-13-22(23)32-25(29)19-7-4-16(2)5-8-19)14-21-26(30)33-24(28-21)18-9-11-20(27)12-10-18/h4-15H,3H2,1-2H3/b21-14+. The van der Waals surface area contributed by atoms with Crippen LogP contribution in [-0.4, -0.2) is 24.4 Å². The molecule has 166 valence electrons. The smallest absolute Gasteiger partial charge is 0.363 e. The predicted molar refractivity (Wildman–Crippen MR) is 128 cm³/mol. The summed E-state index contributed by atoms with van der Waals surface area (Å²) in [5.74, 6) is -0.105. The molecule has 0 saturated heterocycles. The first-order chi connectivity index (χ1) is 15.9. The van der Waals surface area contributed by atoms with Crippen molar-refractivity contribution < 1.29 is 23.8 Å². The highest BCUT2D eigenvalue weighted by molar-refractivity contribution is 9.10. The molecular formula is C26H20BrNO5. The lowest BCUT2D eigenvalue weighted by atomic mass is 10.1. The van der Waals surface area contributed by atoms with Crippen molar-refractivity contribution >= 4 is 39.8 Å². The van der Waals surface area contributed by atoms with E-state index in [2.05, 4.69) is 20.9 Å². The van der Waals surface area contributed by atoms with Crippen LogP contribution in [0.3, 0.4) is 0 Å². The fourth-order valence-corrected chi connectivity index (χ4v) is 3.36. The zero-order valence-electron chi connectivity index (χ0n) is 18.0. The third kappa shape index (κ3) is 5.38. The highest BCUT2D eigenvalue weighted by atomic mass is 79.9. The van der Waals surface area contributed by atoms with Gasteiger partial charge in [0, 0.05) is 10.0 Å². The summed E-state index contributed by atoms with van der Waals surface area (Å²) in [6, 6.07) is 19.5. The molecule has 0 N–H and O–H groups in total. The maximum atomic E-state index is 12.5. The van der Waals surface area contributed by atoms with Crippen LogP contribution in [0.2, 0.25) is 0 Å². The van der Waals surface area contributed by atoms with Gasteiger partial charge in [0.1, 0.15) is 0 Å². The highest BCUT2D eigenvalue weighted by Crippen LogP contribution is 2.31. The van der Waals surface area contributed by atoms with Gasteiger partial charge in [0.25, 0.3) is 0 Å². The summed E-state index contributed by atoms with van der Waals surface area (Å²) in [5, 5.41) is 0. The van der Waals surface area contributed by atoms with Crippen molar-refractivity contribution in [3.63, 3.8) is 0 Å². The Bertz CT molecular complexity index is 1260. The van der Waals surface area contributed by atoms with Gasteiger partial charge in [0.05, 0.1) is 12.2 Å². The minimum absolute atomic E-state index is 0.166. The number of hydrogen-bond donors (Lipinski definition) is 0. The van der Waals surface area contributed by atoms with Crippen molar-refractivity contribution in [1.29, 1.82) is 0 Å². The molecular weight excluding hydrogens is 486 g/mol. The van der Waals surface area contributed by atoms with Gasteiger partial charge in [-0.3, -0.25) is 0 Å². The third-order valence-corrected chi connectivity index (χ3v) is 5.30. The van der Waals surface area contributed by atoms with Crippen LogP contribution in [0.1, 0.15) is 34.0 Å². The number of hydrogen-bond acceptors (Lipinski definition) is 6. The van der Waals surface area contributed by atoms with E-state index in [9.17, 15) is 9.59 Å². The minimum atomic E-state index is -0.541. The molecule has 3 aromatic carbocycles. The summed E-state index contributed by atoms with van der Waals surface area (Å²) in [6.45, 7) is 4.16. The van der Waals surface area contributed by atoms with Gasteiger partial charge in [0.15, 0.2) is 17.2 Å². The van der Waals surface area contributed by atoms with Crippen molar-refractivity contribution in [2.45, 2.75) is 13.8 Å². The Morgan fingerprint density at radius 2 is 1.76 bits per heavy atom. The quantitative estimate of drug-likeness (QED) is 0.243. The van der Waals surface area contributed by atoms with Crippen LogP contribution < -0.4 is 9.47 Å². The van der Waals surface area contributed by atoms with E-state index < -0.39 is 11.9 Å². The van der Waals surface area contributed by atoms with Crippen LogP contribution in [0.15, 0.2) is 81.9 Å². The van der Waals surface area contributed by atoms with Gasteiger partial charge in [-0.15, -0.1) is 0 Å². The number of carbonyl (C=O) groups excluding carboxylic acids is 2. The highest BCUT2D eigenvalue weighted by Gasteiger charge is 2.24. The molecule has 0 spiro atoms. The number of ether oxygens (including phenoxy) is 3. The van der Waals surface area contributed by atoms with E-state index in [0.717, 1.165) is 10.0 Å². The molecule has 0 saturated carbocycles. The molecule has 0 aromatic heterocycles. The average Bonchev–Trinajstić information content (AvgIpc) is 3.16. The number of halogens is 1. The summed E-state index contributed by atoms with van der Waals surface area (Å²) in [4.78, 5) is 29.1. The van der Waals surface area contributed by atoms with Crippen molar-refractivity contribution in [3.8, 4) is 11.5 Å². The van der Waals surface area contributed by atoms with Crippen molar-refractivity contribution in [3.05, 3.63) is 99.2 Å². The molecule has 0 radical (unpaired) electrons. The molecule has 1 aliphatic heterocycles. The van der Waals surface area contributed by atoms with E-state index >= 15 is 0 Å². The zero-order chi connectivity index (χ0) is 23.4. The second-order valence-corrected chi connectivity index (χ2v) is 8.15. The zero-order valence-corrected chi connectivity index (χ0v) is 19.6. The third-order valence-electron chi connectivity index (χ3n) is 4.77. The molecule has 6 nitrogen and oxygen atoms in total. The largest absolute Gasteiger partial charge is 0.490 e. The molecule has 0 atom stereocenters. The molecule has 33 heavy (non-hydrogen) atoms. The molecule has 0 unspecified atom stereocenters. The monoisotopic (exact) mass is 505 g/mol. The normalized spacial score (nSPS) is 14.1. The van der Waals surface area contributed by atoms with Crippen LogP contribution >= 0.6 is 15.9 Å². The van der Waals surface area contributed by atoms with Gasteiger partial charge in [-0.1, -0.05) is 39.7 Å². The van der Waals surface area contributed by atoms with Gasteiger partial charge < -0.3 is 14.2 Å². The van der Waals surface area contributed by atoms with E-state index in [1.807, 2.05) is 50.2 Å². The lowest BCUT2D eigenvalue weighted by molar-refractivity contribution is -0.129. The first kappa shape index (κ1) is 22.5. The van der Waals surface area contributed by atoms with Gasteiger partial charge in [-0.05, 0) is 74.0 Å². The number of nitrogens with zero attached hydrogens (tertiary/aromatic N) is 1. The Balaban J connectivity index is 1.58. The lowest BCUT2D eigenvalue weighted by Crippen LogP contribution is -2.09. The van der Waals surface area contributed by atoms with Gasteiger partial charge in [-0.2, -0.15) is 0 Å². The van der Waals surface area contributed by atoms with Gasteiger partial charge in [-0.25, -0.2) is 14.6 Å². The van der Waals surface area contributed by atoms with Gasteiger partial charge in [0.2, 0.25) is 5.90 Å². The number of benzene rings is 3. The van der Waals surface area contributed by atoms with Crippen molar-refractivity contribution in [1.82, 2.24) is 0 Å². The molecule has 0 amide bonds. The maximum absolute atomic E-state index is 12.5. The van der Waals surface area contributed by atoms with Crippen LogP contribution in [0.25, 0.3) is 6.08 Å². The number of carbonyl (C=O) groups is 2. The van der Waals surface area contributed by atoms with Crippen molar-refractivity contribution in [2.75, 3.05) is 6.61 Å². The minimum Gasteiger partial charge on any atom is -0.490 e. The molecule has 1 heterocycles. The van der Waals surface area contributed by atoms with Crippen LogP contribution in [0.5, 0.6) is 11.5 Å². The maximum Gasteiger partial charge on any atom is 0.363 e. The van der Waals surface area contributed by atoms with E-state index in [-0.39, 0.29) is 17.3 Å². The fraction of sp³-hybridized carbons (Fsp3) is 0.115. The Morgan fingerprint density at radius 3 is 2.45 bits per heavy atom. The van der Waals surface area contributed by atoms with Crippen LogP contribution in [0, 0.1) is 6.92 Å². The molecule has 0 bridgehead atoms. The summed E-state index contributed by atoms with van der Waals surface area (Å²) in [5.41, 5.74) is 3.01.